The van der Waals surface area contributed by atoms with E-state index in [0.29, 0.717) is 0 Å². The lowest BCUT2D eigenvalue weighted by Gasteiger charge is -2.21. The maximum Gasteiger partial charge on any atom is 0.0598 e. The van der Waals surface area contributed by atoms with Crippen LogP contribution in [-0.4, -0.2) is 18.2 Å². The number of ether oxygens (including phenoxy) is 1. The molecule has 0 aromatic heterocycles. The summed E-state index contributed by atoms with van der Waals surface area (Å²) in [5.74, 6) is 0. The van der Waals surface area contributed by atoms with Gasteiger partial charge < -0.3 is 10.5 Å². The normalized spacial score (nSPS) is 13.7. The molecule has 0 saturated heterocycles. The molecule has 1 aromatic carbocycles. The zero-order valence-corrected chi connectivity index (χ0v) is 12.5. The second-order valence-corrected chi connectivity index (χ2v) is 6.26. The monoisotopic (exact) mass is 299 g/mol. The molecule has 1 aromatic rings. The predicted molar refractivity (Wildman–Crippen MR) is 76.1 cm³/mol. The summed E-state index contributed by atoms with van der Waals surface area (Å²) in [6.45, 7) is 6.91. The molecule has 17 heavy (non-hydrogen) atoms. The fraction of sp³-hybridized carbons (Fsp3) is 0.571. The Morgan fingerprint density at radius 3 is 2.35 bits per heavy atom. The van der Waals surface area contributed by atoms with Crippen LogP contribution in [0.5, 0.6) is 0 Å². The largest absolute Gasteiger partial charge is 0.376 e. The van der Waals surface area contributed by atoms with E-state index in [1.807, 2.05) is 12.1 Å². The summed E-state index contributed by atoms with van der Waals surface area (Å²) >= 11 is 3.42. The highest BCUT2D eigenvalue weighted by Gasteiger charge is 2.11. The van der Waals surface area contributed by atoms with Crippen molar-refractivity contribution in [3.05, 3.63) is 34.3 Å². The van der Waals surface area contributed by atoms with E-state index < -0.39 is 0 Å². The minimum Gasteiger partial charge on any atom is -0.376 e. The summed E-state index contributed by atoms with van der Waals surface area (Å²) in [5, 5.41) is 0. The van der Waals surface area contributed by atoms with E-state index in [1.165, 1.54) is 5.56 Å². The fourth-order valence-corrected chi connectivity index (χ4v) is 1.81. The third kappa shape index (κ3) is 6.81. The molecule has 2 nitrogen and oxygen atoms in total. The van der Waals surface area contributed by atoms with Gasteiger partial charge in [0.15, 0.2) is 0 Å². The average Bonchev–Trinajstić information content (AvgIpc) is 2.19. The minimum atomic E-state index is -0.0721. The third-order valence-electron chi connectivity index (χ3n) is 2.43. The van der Waals surface area contributed by atoms with Crippen molar-refractivity contribution in [2.24, 2.45) is 5.73 Å². The van der Waals surface area contributed by atoms with Crippen molar-refractivity contribution in [2.75, 3.05) is 6.61 Å². The number of benzene rings is 1. The molecule has 2 N–H and O–H groups in total. The Hall–Kier alpha value is -0.380. The van der Waals surface area contributed by atoms with Crippen molar-refractivity contribution in [1.29, 1.82) is 0 Å². The topological polar surface area (TPSA) is 35.2 Å². The molecule has 0 spiro atoms. The molecule has 0 bridgehead atoms. The number of hydrogen-bond donors (Lipinski definition) is 1. The summed E-state index contributed by atoms with van der Waals surface area (Å²) in [6, 6.07) is 8.48. The van der Waals surface area contributed by atoms with Crippen LogP contribution in [0, 0.1) is 0 Å². The molecule has 0 heterocycles. The standard InChI is InChI=1S/C14H22BrNO/c1-14(2,3)17-9-8-13(16)10-11-4-6-12(15)7-5-11/h4-7,13H,8-10,16H2,1-3H3. The summed E-state index contributed by atoms with van der Waals surface area (Å²) < 4.78 is 6.77. The molecular weight excluding hydrogens is 278 g/mol. The smallest absolute Gasteiger partial charge is 0.0598 e. The van der Waals surface area contributed by atoms with Crippen LogP contribution >= 0.6 is 15.9 Å². The molecule has 0 aliphatic heterocycles. The van der Waals surface area contributed by atoms with Gasteiger partial charge in [0.05, 0.1) is 5.60 Å². The lowest BCUT2D eigenvalue weighted by Crippen LogP contribution is -2.27. The van der Waals surface area contributed by atoms with Crippen LogP contribution in [0.15, 0.2) is 28.7 Å². The quantitative estimate of drug-likeness (QED) is 0.903. The van der Waals surface area contributed by atoms with Gasteiger partial charge in [-0.3, -0.25) is 0 Å². The molecule has 96 valence electrons. The first-order valence-corrected chi connectivity index (χ1v) is 6.80. The first kappa shape index (κ1) is 14.7. The Kier molecular flexibility index (Phi) is 5.63. The molecule has 0 saturated carbocycles. The highest BCUT2D eigenvalue weighted by molar-refractivity contribution is 9.10. The molecule has 0 radical (unpaired) electrons. The molecule has 0 fully saturated rings. The predicted octanol–water partition coefficient (Wildman–Crippen LogP) is 3.52. The number of hydrogen-bond acceptors (Lipinski definition) is 2. The summed E-state index contributed by atoms with van der Waals surface area (Å²) in [7, 11) is 0. The summed E-state index contributed by atoms with van der Waals surface area (Å²) in [6.07, 6.45) is 1.80. The molecule has 0 aliphatic carbocycles. The van der Waals surface area contributed by atoms with E-state index in [-0.39, 0.29) is 11.6 Å². The van der Waals surface area contributed by atoms with Crippen molar-refractivity contribution in [3.8, 4) is 0 Å². The van der Waals surface area contributed by atoms with Gasteiger partial charge in [-0.25, -0.2) is 0 Å². The molecule has 1 rings (SSSR count). The number of rotatable bonds is 5. The highest BCUT2D eigenvalue weighted by Crippen LogP contribution is 2.13. The average molecular weight is 300 g/mol. The second kappa shape index (κ2) is 6.53. The van der Waals surface area contributed by atoms with Crippen molar-refractivity contribution < 1.29 is 4.74 Å². The minimum absolute atomic E-state index is 0.0721. The maximum absolute atomic E-state index is 6.08. The Bertz CT molecular complexity index is 329. The van der Waals surface area contributed by atoms with Crippen LogP contribution < -0.4 is 5.73 Å². The number of nitrogens with two attached hydrogens (primary N) is 1. The van der Waals surface area contributed by atoms with Gasteiger partial charge in [0, 0.05) is 17.1 Å². The summed E-state index contributed by atoms with van der Waals surface area (Å²) in [4.78, 5) is 0. The van der Waals surface area contributed by atoms with E-state index in [1.54, 1.807) is 0 Å². The lowest BCUT2D eigenvalue weighted by molar-refractivity contribution is -0.00595. The number of halogens is 1. The maximum atomic E-state index is 6.08. The summed E-state index contributed by atoms with van der Waals surface area (Å²) in [5.41, 5.74) is 7.28. The van der Waals surface area contributed by atoms with Crippen molar-refractivity contribution in [1.82, 2.24) is 0 Å². The Labute approximate surface area is 113 Å². The first-order chi connectivity index (χ1) is 7.87. The Morgan fingerprint density at radius 1 is 1.24 bits per heavy atom. The molecule has 1 unspecified atom stereocenters. The van der Waals surface area contributed by atoms with E-state index in [2.05, 4.69) is 48.8 Å². The van der Waals surface area contributed by atoms with Gasteiger partial charge in [-0.05, 0) is 51.3 Å². The highest BCUT2D eigenvalue weighted by atomic mass is 79.9. The van der Waals surface area contributed by atoms with Gasteiger partial charge in [-0.1, -0.05) is 28.1 Å². The lowest BCUT2D eigenvalue weighted by atomic mass is 10.0. The Balaban J connectivity index is 2.30. The molecule has 3 heteroatoms. The van der Waals surface area contributed by atoms with Crippen LogP contribution in [0.25, 0.3) is 0 Å². The molecular formula is C14H22BrNO. The third-order valence-corrected chi connectivity index (χ3v) is 2.96. The van der Waals surface area contributed by atoms with Crippen LogP contribution in [-0.2, 0) is 11.2 Å². The van der Waals surface area contributed by atoms with Crippen molar-refractivity contribution >= 4 is 15.9 Å². The molecule has 0 aliphatic rings. The van der Waals surface area contributed by atoms with E-state index >= 15 is 0 Å². The second-order valence-electron chi connectivity index (χ2n) is 5.34. The zero-order chi connectivity index (χ0) is 12.9. The van der Waals surface area contributed by atoms with Gasteiger partial charge in [0.2, 0.25) is 0 Å². The SMILES string of the molecule is CC(C)(C)OCCC(N)Cc1ccc(Br)cc1. The van der Waals surface area contributed by atoms with E-state index in [9.17, 15) is 0 Å². The molecule has 0 amide bonds. The fourth-order valence-electron chi connectivity index (χ4n) is 1.54. The Morgan fingerprint density at radius 2 is 1.82 bits per heavy atom. The van der Waals surface area contributed by atoms with Crippen LogP contribution in [0.2, 0.25) is 0 Å². The van der Waals surface area contributed by atoms with Gasteiger partial charge >= 0.3 is 0 Å². The van der Waals surface area contributed by atoms with Crippen molar-refractivity contribution in [3.63, 3.8) is 0 Å². The van der Waals surface area contributed by atoms with Gasteiger partial charge in [0.1, 0.15) is 0 Å². The van der Waals surface area contributed by atoms with Crippen LogP contribution in [0.4, 0.5) is 0 Å². The van der Waals surface area contributed by atoms with E-state index in [4.69, 9.17) is 10.5 Å². The van der Waals surface area contributed by atoms with Gasteiger partial charge in [0.25, 0.3) is 0 Å². The van der Waals surface area contributed by atoms with Gasteiger partial charge in [-0.15, -0.1) is 0 Å². The molecule has 1 atom stereocenters. The zero-order valence-electron chi connectivity index (χ0n) is 10.9. The van der Waals surface area contributed by atoms with Crippen LogP contribution in [0.1, 0.15) is 32.8 Å². The van der Waals surface area contributed by atoms with Crippen LogP contribution in [0.3, 0.4) is 0 Å². The van der Waals surface area contributed by atoms with E-state index in [0.717, 1.165) is 23.9 Å². The van der Waals surface area contributed by atoms with Crippen molar-refractivity contribution in [2.45, 2.75) is 45.3 Å². The van der Waals surface area contributed by atoms with Gasteiger partial charge in [-0.2, -0.15) is 0 Å². The first-order valence-electron chi connectivity index (χ1n) is 6.01.